The highest BCUT2D eigenvalue weighted by molar-refractivity contribution is 6.21. The normalized spacial score (nSPS) is 30.7. The van der Waals surface area contributed by atoms with E-state index in [0.717, 1.165) is 38.5 Å². The SMILES string of the molecule is CCCC1(C(O)CC=C[C@H]2C(O)C[C@H](Cl)[C@@H]2C/C=C\CCCC(=O)O)CCC1. The van der Waals surface area contributed by atoms with Gasteiger partial charge in [0.1, 0.15) is 0 Å². The van der Waals surface area contributed by atoms with Crippen LogP contribution in [-0.4, -0.2) is 38.9 Å². The fraction of sp³-hybridized carbons (Fsp3) is 0.783. The molecule has 5 heteroatoms. The predicted molar refractivity (Wildman–Crippen MR) is 113 cm³/mol. The number of halogens is 1. The Hall–Kier alpha value is -0.840. The number of aliphatic hydroxyl groups excluding tert-OH is 2. The van der Waals surface area contributed by atoms with Crippen LogP contribution >= 0.6 is 11.6 Å². The third-order valence-electron chi connectivity index (χ3n) is 6.73. The van der Waals surface area contributed by atoms with Crippen molar-refractivity contribution in [2.75, 3.05) is 0 Å². The van der Waals surface area contributed by atoms with E-state index >= 15 is 0 Å². The van der Waals surface area contributed by atoms with Crippen LogP contribution in [-0.2, 0) is 4.79 Å². The highest BCUT2D eigenvalue weighted by atomic mass is 35.5. The minimum atomic E-state index is -0.761. The van der Waals surface area contributed by atoms with Crippen LogP contribution in [0.2, 0.25) is 0 Å². The van der Waals surface area contributed by atoms with Gasteiger partial charge in [-0.05, 0) is 62.7 Å². The Morgan fingerprint density at radius 3 is 2.64 bits per heavy atom. The van der Waals surface area contributed by atoms with Gasteiger partial charge < -0.3 is 15.3 Å². The molecule has 0 heterocycles. The van der Waals surface area contributed by atoms with Gasteiger partial charge >= 0.3 is 5.97 Å². The zero-order valence-electron chi connectivity index (χ0n) is 17.1. The lowest BCUT2D eigenvalue weighted by Gasteiger charge is -2.45. The summed E-state index contributed by atoms with van der Waals surface area (Å²) in [5.74, 6) is -0.570. The van der Waals surface area contributed by atoms with Crippen LogP contribution < -0.4 is 0 Å². The molecular weight excluding hydrogens is 376 g/mol. The molecular formula is C23H37ClO4. The van der Waals surface area contributed by atoms with Crippen LogP contribution in [0.25, 0.3) is 0 Å². The van der Waals surface area contributed by atoms with Crippen LogP contribution in [0.4, 0.5) is 0 Å². The van der Waals surface area contributed by atoms with E-state index in [1.165, 1.54) is 6.42 Å². The number of unbranched alkanes of at least 4 members (excludes halogenated alkanes) is 1. The fourth-order valence-electron chi connectivity index (χ4n) is 4.90. The van der Waals surface area contributed by atoms with E-state index in [0.29, 0.717) is 19.3 Å². The number of carboxylic acids is 1. The standard InChI is InChI=1S/C23H37ClO4/c1-2-13-23(14-8-15-23)21(26)11-7-10-18-17(19(24)16-20(18)25)9-5-3-4-6-12-22(27)28/h3,5,7,10,17-21,25-26H,2,4,6,8-9,11-16H2,1H3,(H,27,28)/b5-3-,10-7?/t17-,18-,19+,20?,21?/m1/s1. The molecule has 2 saturated carbocycles. The van der Waals surface area contributed by atoms with Gasteiger partial charge in [-0.3, -0.25) is 4.79 Å². The van der Waals surface area contributed by atoms with Crippen molar-refractivity contribution in [1.29, 1.82) is 0 Å². The van der Waals surface area contributed by atoms with Crippen molar-refractivity contribution in [3.05, 3.63) is 24.3 Å². The maximum absolute atomic E-state index is 10.7. The Morgan fingerprint density at radius 2 is 2.04 bits per heavy atom. The summed E-state index contributed by atoms with van der Waals surface area (Å²) in [7, 11) is 0. The minimum Gasteiger partial charge on any atom is -0.481 e. The van der Waals surface area contributed by atoms with Crippen molar-refractivity contribution in [2.45, 2.75) is 95.1 Å². The Bertz CT molecular complexity index is 541. The Balaban J connectivity index is 1.84. The summed E-state index contributed by atoms with van der Waals surface area (Å²) >= 11 is 6.48. The predicted octanol–water partition coefficient (Wildman–Crippen LogP) is 5.07. The summed E-state index contributed by atoms with van der Waals surface area (Å²) in [4.78, 5) is 10.5. The molecule has 0 aromatic heterocycles. The number of alkyl halides is 1. The van der Waals surface area contributed by atoms with Crippen molar-refractivity contribution in [3.63, 3.8) is 0 Å². The van der Waals surface area contributed by atoms with E-state index in [1.54, 1.807) is 0 Å². The summed E-state index contributed by atoms with van der Waals surface area (Å²) in [6.45, 7) is 2.18. The molecule has 4 nitrogen and oxygen atoms in total. The number of allylic oxidation sites excluding steroid dienone is 2. The molecule has 0 bridgehead atoms. The number of rotatable bonds is 12. The molecule has 0 amide bonds. The first-order chi connectivity index (χ1) is 13.4. The monoisotopic (exact) mass is 412 g/mol. The van der Waals surface area contributed by atoms with Crippen molar-refractivity contribution in [2.24, 2.45) is 17.3 Å². The lowest BCUT2D eigenvalue weighted by atomic mass is 9.62. The Kier molecular flexibility index (Phi) is 9.52. The average Bonchev–Trinajstić information content (AvgIpc) is 2.87. The van der Waals surface area contributed by atoms with Gasteiger partial charge in [-0.25, -0.2) is 0 Å². The Labute approximate surface area is 174 Å². The third kappa shape index (κ3) is 6.33. The van der Waals surface area contributed by atoms with Crippen molar-refractivity contribution >= 4 is 17.6 Å². The molecule has 0 aromatic carbocycles. The topological polar surface area (TPSA) is 77.8 Å². The van der Waals surface area contributed by atoms with Crippen LogP contribution in [0, 0.1) is 17.3 Å². The van der Waals surface area contributed by atoms with Gasteiger partial charge in [-0.15, -0.1) is 11.6 Å². The van der Waals surface area contributed by atoms with Gasteiger partial charge in [0.15, 0.2) is 0 Å². The first kappa shape index (κ1) is 23.4. The van der Waals surface area contributed by atoms with Crippen LogP contribution in [0.15, 0.2) is 24.3 Å². The summed E-state index contributed by atoms with van der Waals surface area (Å²) < 4.78 is 0. The summed E-state index contributed by atoms with van der Waals surface area (Å²) in [5.41, 5.74) is 0.112. The molecule has 0 aromatic rings. The second kappa shape index (κ2) is 11.4. The maximum atomic E-state index is 10.7. The van der Waals surface area contributed by atoms with E-state index < -0.39 is 12.1 Å². The number of hydrogen-bond donors (Lipinski definition) is 3. The molecule has 3 N–H and O–H groups in total. The second-order valence-electron chi connectivity index (χ2n) is 8.70. The molecule has 0 spiro atoms. The zero-order chi connectivity index (χ0) is 20.6. The van der Waals surface area contributed by atoms with Gasteiger partial charge in [0, 0.05) is 17.7 Å². The zero-order valence-corrected chi connectivity index (χ0v) is 17.9. The first-order valence-corrected chi connectivity index (χ1v) is 11.4. The molecule has 2 fully saturated rings. The van der Waals surface area contributed by atoms with Crippen LogP contribution in [0.5, 0.6) is 0 Å². The van der Waals surface area contributed by atoms with Crippen molar-refractivity contribution in [3.8, 4) is 0 Å². The van der Waals surface area contributed by atoms with Gasteiger partial charge in [0.25, 0.3) is 0 Å². The van der Waals surface area contributed by atoms with Gasteiger partial charge in [-0.1, -0.05) is 44.1 Å². The molecule has 28 heavy (non-hydrogen) atoms. The van der Waals surface area contributed by atoms with Crippen LogP contribution in [0.1, 0.15) is 77.6 Å². The average molecular weight is 413 g/mol. The Morgan fingerprint density at radius 1 is 1.29 bits per heavy atom. The lowest BCUT2D eigenvalue weighted by molar-refractivity contribution is -0.137. The number of carboxylic acid groups (broad SMARTS) is 1. The van der Waals surface area contributed by atoms with E-state index in [2.05, 4.69) is 19.1 Å². The van der Waals surface area contributed by atoms with E-state index in [4.69, 9.17) is 16.7 Å². The van der Waals surface area contributed by atoms with E-state index in [-0.39, 0.29) is 35.2 Å². The van der Waals surface area contributed by atoms with Crippen molar-refractivity contribution in [1.82, 2.24) is 0 Å². The van der Waals surface area contributed by atoms with Gasteiger partial charge in [0.2, 0.25) is 0 Å². The van der Waals surface area contributed by atoms with Gasteiger partial charge in [0.05, 0.1) is 12.2 Å². The smallest absolute Gasteiger partial charge is 0.303 e. The van der Waals surface area contributed by atoms with E-state index in [9.17, 15) is 15.0 Å². The molecule has 0 radical (unpaired) electrons. The molecule has 5 atom stereocenters. The summed E-state index contributed by atoms with van der Waals surface area (Å²) in [6.07, 6.45) is 16.8. The molecule has 160 valence electrons. The number of aliphatic hydroxyl groups is 2. The largest absolute Gasteiger partial charge is 0.481 e. The summed E-state index contributed by atoms with van der Waals surface area (Å²) in [5, 5.41) is 29.7. The molecule has 0 aliphatic heterocycles. The molecule has 2 aliphatic rings. The van der Waals surface area contributed by atoms with Crippen LogP contribution in [0.3, 0.4) is 0 Å². The third-order valence-corrected chi connectivity index (χ3v) is 7.23. The summed E-state index contributed by atoms with van der Waals surface area (Å²) in [6, 6.07) is 0. The number of carbonyl (C=O) groups is 1. The second-order valence-corrected chi connectivity index (χ2v) is 9.26. The molecule has 0 saturated heterocycles. The van der Waals surface area contributed by atoms with E-state index in [1.807, 2.05) is 12.2 Å². The highest BCUT2D eigenvalue weighted by Crippen LogP contribution is 2.48. The first-order valence-electron chi connectivity index (χ1n) is 10.9. The number of aliphatic carboxylic acids is 1. The molecule has 2 unspecified atom stereocenters. The van der Waals surface area contributed by atoms with Gasteiger partial charge in [-0.2, -0.15) is 0 Å². The molecule has 2 rings (SSSR count). The lowest BCUT2D eigenvalue weighted by Crippen LogP contribution is -2.41. The fourth-order valence-corrected chi connectivity index (χ4v) is 5.35. The maximum Gasteiger partial charge on any atom is 0.303 e. The minimum absolute atomic E-state index is 0.0156. The van der Waals surface area contributed by atoms with Crippen molar-refractivity contribution < 1.29 is 20.1 Å². The highest BCUT2D eigenvalue weighted by Gasteiger charge is 2.42. The quantitative estimate of drug-likeness (QED) is 0.237. The number of hydrogen-bond acceptors (Lipinski definition) is 3. The molecule has 2 aliphatic carbocycles.